The molecule has 1 saturated carbocycles. The second-order valence-corrected chi connectivity index (χ2v) is 8.14. The quantitative estimate of drug-likeness (QED) is 0.453. The number of rotatable bonds is 4. The predicted molar refractivity (Wildman–Crippen MR) is 115 cm³/mol. The summed E-state index contributed by atoms with van der Waals surface area (Å²) in [4.78, 5) is 28.0. The van der Waals surface area contributed by atoms with Crippen molar-refractivity contribution in [1.29, 1.82) is 0 Å². The minimum atomic E-state index is -0.618. The summed E-state index contributed by atoms with van der Waals surface area (Å²) in [5, 5.41) is 11.2. The Morgan fingerprint density at radius 3 is 2.47 bits per heavy atom. The van der Waals surface area contributed by atoms with Gasteiger partial charge in [0.1, 0.15) is 11.5 Å². The molecule has 2 aliphatic rings. The van der Waals surface area contributed by atoms with Crippen LogP contribution in [0.5, 0.6) is 5.75 Å². The van der Waals surface area contributed by atoms with Gasteiger partial charge in [0.25, 0.3) is 11.7 Å². The number of carbonyl (C=O) groups excluding carboxylic acids is 2. The fraction of sp³-hybridized carbons (Fsp3) is 0.360. The summed E-state index contributed by atoms with van der Waals surface area (Å²) in [7, 11) is 1.55. The van der Waals surface area contributed by atoms with Crippen LogP contribution in [-0.4, -0.2) is 34.8 Å². The minimum absolute atomic E-state index is 0.0105. The molecule has 1 amide bonds. The van der Waals surface area contributed by atoms with E-state index < -0.39 is 17.7 Å². The highest BCUT2D eigenvalue weighted by Crippen LogP contribution is 2.43. The Morgan fingerprint density at radius 2 is 1.77 bits per heavy atom. The van der Waals surface area contributed by atoms with E-state index in [4.69, 9.17) is 4.74 Å². The Hall–Kier alpha value is -3.08. The van der Waals surface area contributed by atoms with Gasteiger partial charge in [-0.25, -0.2) is 0 Å². The molecule has 1 heterocycles. The molecule has 1 aliphatic heterocycles. The van der Waals surface area contributed by atoms with E-state index in [0.29, 0.717) is 11.3 Å². The zero-order chi connectivity index (χ0) is 21.3. The molecule has 2 fully saturated rings. The first-order valence-electron chi connectivity index (χ1n) is 10.5. The van der Waals surface area contributed by atoms with Gasteiger partial charge in [-0.2, -0.15) is 0 Å². The Morgan fingerprint density at radius 1 is 1.03 bits per heavy atom. The molecule has 1 atom stereocenters. The van der Waals surface area contributed by atoms with Crippen molar-refractivity contribution in [2.75, 3.05) is 7.11 Å². The molecule has 30 heavy (non-hydrogen) atoms. The predicted octanol–water partition coefficient (Wildman–Crippen LogP) is 4.76. The number of hydrogen-bond acceptors (Lipinski definition) is 4. The molecule has 0 radical (unpaired) electrons. The summed E-state index contributed by atoms with van der Waals surface area (Å²) in [6, 6.07) is 14.2. The number of nitrogens with zero attached hydrogens (tertiary/aromatic N) is 1. The highest BCUT2D eigenvalue weighted by atomic mass is 16.5. The zero-order valence-corrected chi connectivity index (χ0v) is 17.4. The van der Waals surface area contributed by atoms with Crippen LogP contribution in [0.1, 0.15) is 54.8 Å². The van der Waals surface area contributed by atoms with Gasteiger partial charge in [0.2, 0.25) is 0 Å². The van der Waals surface area contributed by atoms with E-state index in [1.807, 2.05) is 31.2 Å². The number of likely N-dealkylation sites (tertiary alicyclic amines) is 1. The molecule has 156 valence electrons. The third-order valence-electron chi connectivity index (χ3n) is 6.15. The summed E-state index contributed by atoms with van der Waals surface area (Å²) in [5.74, 6) is -0.713. The average molecular weight is 405 g/mol. The van der Waals surface area contributed by atoms with Crippen molar-refractivity contribution in [3.05, 3.63) is 70.8 Å². The molecule has 5 heteroatoms. The average Bonchev–Trinajstić information content (AvgIpc) is 3.04. The number of ketones is 1. The monoisotopic (exact) mass is 405 g/mol. The smallest absolute Gasteiger partial charge is 0.295 e. The van der Waals surface area contributed by atoms with E-state index in [1.54, 1.807) is 36.3 Å². The Bertz CT molecular complexity index is 1000. The van der Waals surface area contributed by atoms with Crippen molar-refractivity contribution >= 4 is 17.4 Å². The fourth-order valence-corrected chi connectivity index (χ4v) is 4.68. The first-order valence-corrected chi connectivity index (χ1v) is 10.5. The van der Waals surface area contributed by atoms with E-state index in [2.05, 4.69) is 0 Å². The van der Waals surface area contributed by atoms with Gasteiger partial charge in [-0.1, -0.05) is 61.2 Å². The third kappa shape index (κ3) is 3.60. The van der Waals surface area contributed by atoms with Crippen molar-refractivity contribution in [3.63, 3.8) is 0 Å². The van der Waals surface area contributed by atoms with Crippen LogP contribution in [0.2, 0.25) is 0 Å². The molecular formula is C25H27NO4. The SMILES string of the molecule is COc1cccc(/C(O)=C2/C(=O)C(=O)N(C3CCCCC3)C2c2cccc(C)c2)c1. The Labute approximate surface area is 177 Å². The highest BCUT2D eigenvalue weighted by molar-refractivity contribution is 6.46. The molecule has 1 saturated heterocycles. The lowest BCUT2D eigenvalue weighted by Gasteiger charge is -2.35. The van der Waals surface area contributed by atoms with Gasteiger partial charge in [0, 0.05) is 11.6 Å². The molecule has 0 bridgehead atoms. The number of ether oxygens (including phenoxy) is 1. The largest absolute Gasteiger partial charge is 0.507 e. The van der Waals surface area contributed by atoms with Gasteiger partial charge < -0.3 is 14.7 Å². The second-order valence-electron chi connectivity index (χ2n) is 8.14. The van der Waals surface area contributed by atoms with E-state index in [-0.39, 0.29) is 17.4 Å². The number of aryl methyl sites for hydroxylation is 1. The van der Waals surface area contributed by atoms with Gasteiger partial charge in [-0.15, -0.1) is 0 Å². The normalized spacial score (nSPS) is 21.8. The number of Topliss-reactive ketones (excluding diaryl/α,β-unsaturated/α-hetero) is 1. The molecule has 4 rings (SSSR count). The highest BCUT2D eigenvalue weighted by Gasteiger charge is 2.48. The van der Waals surface area contributed by atoms with Gasteiger partial charge in [0.15, 0.2) is 0 Å². The van der Waals surface area contributed by atoms with Crippen LogP contribution in [-0.2, 0) is 9.59 Å². The van der Waals surface area contributed by atoms with Crippen molar-refractivity contribution in [3.8, 4) is 5.75 Å². The van der Waals surface area contributed by atoms with Crippen molar-refractivity contribution in [1.82, 2.24) is 4.90 Å². The molecule has 2 aromatic rings. The van der Waals surface area contributed by atoms with Gasteiger partial charge in [-0.3, -0.25) is 9.59 Å². The standard InChI is InChI=1S/C25H27NO4/c1-16-8-6-9-17(14-16)22-21(23(27)18-10-7-13-20(15-18)30-2)24(28)25(29)26(22)19-11-4-3-5-12-19/h6-10,13-15,19,22,27H,3-5,11-12H2,1-2H3/b23-21-. The number of aliphatic hydroxyl groups is 1. The van der Waals surface area contributed by atoms with E-state index in [1.165, 1.54) is 0 Å². The zero-order valence-electron chi connectivity index (χ0n) is 17.4. The van der Waals surface area contributed by atoms with Crippen molar-refractivity contribution in [2.45, 2.75) is 51.1 Å². The number of aliphatic hydroxyl groups excluding tert-OH is 1. The summed E-state index contributed by atoms with van der Waals surface area (Å²) in [5.41, 5.74) is 2.52. The minimum Gasteiger partial charge on any atom is -0.507 e. The number of benzene rings is 2. The first-order chi connectivity index (χ1) is 14.5. The second kappa shape index (κ2) is 8.34. The Balaban J connectivity index is 1.88. The molecule has 2 aromatic carbocycles. The number of methoxy groups -OCH3 is 1. The van der Waals surface area contributed by atoms with Crippen molar-refractivity contribution in [2.24, 2.45) is 0 Å². The number of hydrogen-bond donors (Lipinski definition) is 1. The number of carbonyl (C=O) groups is 2. The lowest BCUT2D eigenvalue weighted by Crippen LogP contribution is -2.40. The van der Waals surface area contributed by atoms with Crippen molar-refractivity contribution < 1.29 is 19.4 Å². The molecule has 0 aromatic heterocycles. The summed E-state index contributed by atoms with van der Waals surface area (Å²) >= 11 is 0. The molecule has 1 aliphatic carbocycles. The van der Waals surface area contributed by atoms with Crippen LogP contribution < -0.4 is 4.74 Å². The number of amides is 1. The maximum absolute atomic E-state index is 13.2. The van der Waals surface area contributed by atoms with Crippen LogP contribution in [0.4, 0.5) is 0 Å². The molecule has 1 N–H and O–H groups in total. The van der Waals surface area contributed by atoms with Gasteiger partial charge in [0.05, 0.1) is 18.7 Å². The van der Waals surface area contributed by atoms with Crippen LogP contribution in [0, 0.1) is 6.92 Å². The topological polar surface area (TPSA) is 66.8 Å². The molecular weight excluding hydrogens is 378 g/mol. The van der Waals surface area contributed by atoms with Crippen LogP contribution in [0.3, 0.4) is 0 Å². The van der Waals surface area contributed by atoms with Gasteiger partial charge in [-0.05, 0) is 37.5 Å². The van der Waals surface area contributed by atoms with E-state index in [9.17, 15) is 14.7 Å². The van der Waals surface area contributed by atoms with Gasteiger partial charge >= 0.3 is 0 Å². The van der Waals surface area contributed by atoms with Crippen LogP contribution in [0.15, 0.2) is 54.1 Å². The first kappa shape index (κ1) is 20.2. The Kier molecular flexibility index (Phi) is 5.62. The fourth-order valence-electron chi connectivity index (χ4n) is 4.68. The summed E-state index contributed by atoms with van der Waals surface area (Å²) < 4.78 is 5.26. The van der Waals surface area contributed by atoms with Crippen LogP contribution >= 0.6 is 0 Å². The molecule has 0 spiro atoms. The third-order valence-corrected chi connectivity index (χ3v) is 6.15. The summed E-state index contributed by atoms with van der Waals surface area (Å²) in [6.07, 6.45) is 5.01. The summed E-state index contributed by atoms with van der Waals surface area (Å²) in [6.45, 7) is 1.98. The van der Waals surface area contributed by atoms with Crippen LogP contribution in [0.25, 0.3) is 5.76 Å². The molecule has 1 unspecified atom stereocenters. The molecule has 5 nitrogen and oxygen atoms in total. The lowest BCUT2D eigenvalue weighted by atomic mass is 9.90. The lowest BCUT2D eigenvalue weighted by molar-refractivity contribution is -0.141. The maximum atomic E-state index is 13.2. The van der Waals surface area contributed by atoms with E-state index in [0.717, 1.165) is 43.2 Å². The van der Waals surface area contributed by atoms with E-state index >= 15 is 0 Å². The maximum Gasteiger partial charge on any atom is 0.295 e.